The van der Waals surface area contributed by atoms with Gasteiger partial charge in [-0.1, -0.05) is 13.8 Å². The first kappa shape index (κ1) is 24.7. The summed E-state index contributed by atoms with van der Waals surface area (Å²) in [4.78, 5) is 18.5. The van der Waals surface area contributed by atoms with Crippen molar-refractivity contribution >= 4 is 10.9 Å². The van der Waals surface area contributed by atoms with Gasteiger partial charge in [-0.05, 0) is 41.3 Å². The molecule has 1 aromatic carbocycles. The molecule has 2 aromatic heterocycles. The van der Waals surface area contributed by atoms with Gasteiger partial charge < -0.3 is 23.9 Å². The summed E-state index contributed by atoms with van der Waals surface area (Å²) in [5.74, 6) is 2.30. The second-order valence-corrected chi connectivity index (χ2v) is 9.71. The first-order valence-electron chi connectivity index (χ1n) is 12.6. The number of aromatic nitrogens is 5. The molecule has 1 fully saturated rings. The highest BCUT2D eigenvalue weighted by molar-refractivity contribution is 5.83. The number of nitrogens with one attached hydrogen (secondary N) is 1. The van der Waals surface area contributed by atoms with Crippen molar-refractivity contribution in [3.05, 3.63) is 39.9 Å². The summed E-state index contributed by atoms with van der Waals surface area (Å²) in [6.07, 6.45) is 2.14. The van der Waals surface area contributed by atoms with E-state index in [1.165, 1.54) is 0 Å². The molecular formula is C25H34N6O5. The van der Waals surface area contributed by atoms with Crippen LogP contribution < -0.4 is 15.0 Å². The van der Waals surface area contributed by atoms with Crippen LogP contribution in [0.3, 0.4) is 0 Å². The van der Waals surface area contributed by atoms with E-state index in [0.29, 0.717) is 56.5 Å². The Balaban J connectivity index is 1.50. The second kappa shape index (κ2) is 10.9. The van der Waals surface area contributed by atoms with Crippen LogP contribution in [0.25, 0.3) is 10.9 Å². The number of tetrazole rings is 1. The Hall–Kier alpha value is -3.02. The monoisotopic (exact) mass is 498 g/mol. The largest absolute Gasteiger partial charge is 0.486 e. The molecule has 11 nitrogen and oxygen atoms in total. The van der Waals surface area contributed by atoms with Gasteiger partial charge in [-0.2, -0.15) is 0 Å². The molecule has 0 spiro atoms. The molecule has 0 amide bonds. The molecule has 2 atom stereocenters. The van der Waals surface area contributed by atoms with E-state index >= 15 is 0 Å². The van der Waals surface area contributed by atoms with Gasteiger partial charge in [0.2, 0.25) is 0 Å². The minimum Gasteiger partial charge on any atom is -0.486 e. The number of methoxy groups -OCH3 is 1. The zero-order chi connectivity index (χ0) is 25.1. The number of benzene rings is 1. The van der Waals surface area contributed by atoms with Crippen molar-refractivity contribution < 1.29 is 18.9 Å². The third-order valence-electron chi connectivity index (χ3n) is 6.78. The summed E-state index contributed by atoms with van der Waals surface area (Å²) < 4.78 is 24.5. The van der Waals surface area contributed by atoms with Crippen LogP contribution in [-0.4, -0.2) is 76.3 Å². The Morgan fingerprint density at radius 3 is 2.72 bits per heavy atom. The number of rotatable bonds is 10. The highest BCUT2D eigenvalue weighted by Crippen LogP contribution is 2.34. The van der Waals surface area contributed by atoms with Crippen LogP contribution >= 0.6 is 0 Å². The molecule has 0 bridgehead atoms. The molecule has 0 saturated carbocycles. The van der Waals surface area contributed by atoms with E-state index in [0.717, 1.165) is 36.2 Å². The average molecular weight is 499 g/mol. The summed E-state index contributed by atoms with van der Waals surface area (Å²) >= 11 is 0. The second-order valence-electron chi connectivity index (χ2n) is 9.71. The van der Waals surface area contributed by atoms with Crippen LogP contribution in [-0.2, 0) is 22.6 Å². The third kappa shape index (κ3) is 5.23. The lowest BCUT2D eigenvalue weighted by Gasteiger charge is -2.35. The fourth-order valence-corrected chi connectivity index (χ4v) is 5.09. The van der Waals surface area contributed by atoms with E-state index in [4.69, 9.17) is 18.9 Å². The van der Waals surface area contributed by atoms with Crippen molar-refractivity contribution in [3.8, 4) is 11.5 Å². The minimum absolute atomic E-state index is 0.103. The van der Waals surface area contributed by atoms with Gasteiger partial charge in [0, 0.05) is 43.8 Å². The molecule has 2 aliphatic rings. The van der Waals surface area contributed by atoms with Crippen molar-refractivity contribution in [2.24, 2.45) is 5.92 Å². The summed E-state index contributed by atoms with van der Waals surface area (Å²) in [5, 5.41) is 13.5. The molecular weight excluding hydrogens is 464 g/mol. The van der Waals surface area contributed by atoms with E-state index in [1.807, 2.05) is 18.2 Å². The Bertz CT molecular complexity index is 1240. The van der Waals surface area contributed by atoms with Gasteiger partial charge in [0.15, 0.2) is 17.3 Å². The topological polar surface area (TPSA) is 117 Å². The number of hydrogen-bond acceptors (Lipinski definition) is 9. The Kier molecular flexibility index (Phi) is 7.49. The first-order chi connectivity index (χ1) is 17.5. The molecule has 3 aromatic rings. The number of ether oxygens (including phenoxy) is 4. The van der Waals surface area contributed by atoms with Crippen molar-refractivity contribution in [2.75, 3.05) is 40.1 Å². The maximum atomic E-state index is 13.2. The van der Waals surface area contributed by atoms with Crippen molar-refractivity contribution in [3.63, 3.8) is 0 Å². The normalized spacial score (nSPS) is 18.4. The first-order valence-corrected chi connectivity index (χ1v) is 12.6. The lowest BCUT2D eigenvalue weighted by Crippen LogP contribution is -2.40. The molecule has 1 saturated heterocycles. The maximum absolute atomic E-state index is 13.2. The highest BCUT2D eigenvalue weighted by atomic mass is 16.6. The molecule has 36 heavy (non-hydrogen) atoms. The number of aromatic amines is 1. The van der Waals surface area contributed by atoms with E-state index < -0.39 is 0 Å². The van der Waals surface area contributed by atoms with Crippen LogP contribution in [0.1, 0.15) is 44.1 Å². The number of nitrogens with zero attached hydrogens (tertiary/aromatic N) is 5. The molecule has 4 heterocycles. The molecule has 5 rings (SSSR count). The van der Waals surface area contributed by atoms with Crippen molar-refractivity contribution in [1.82, 2.24) is 30.1 Å². The van der Waals surface area contributed by atoms with Crippen molar-refractivity contribution in [1.29, 1.82) is 0 Å². The number of hydrogen-bond donors (Lipinski definition) is 1. The Morgan fingerprint density at radius 2 is 2.00 bits per heavy atom. The summed E-state index contributed by atoms with van der Waals surface area (Å²) in [5.41, 5.74) is 1.26. The van der Waals surface area contributed by atoms with Gasteiger partial charge >= 0.3 is 0 Å². The predicted molar refractivity (Wildman–Crippen MR) is 132 cm³/mol. The zero-order valence-corrected chi connectivity index (χ0v) is 21.1. The number of pyridine rings is 1. The molecule has 0 aliphatic carbocycles. The van der Waals surface area contributed by atoms with Crippen LogP contribution in [0.5, 0.6) is 11.5 Å². The van der Waals surface area contributed by atoms with Crippen LogP contribution in [0, 0.1) is 5.92 Å². The molecule has 2 aliphatic heterocycles. The molecule has 0 radical (unpaired) electrons. The lowest BCUT2D eigenvalue weighted by molar-refractivity contribution is 0.0379. The predicted octanol–water partition coefficient (Wildman–Crippen LogP) is 2.31. The van der Waals surface area contributed by atoms with E-state index in [1.54, 1.807) is 11.8 Å². The van der Waals surface area contributed by atoms with Crippen LogP contribution in [0.4, 0.5) is 0 Å². The standard InChI is InChI=1S/C25H34N6O5/c1-16(2)23(24-27-28-29-31(24)6-8-33-3)30(15-19-5-4-7-34-19)14-18-11-17-12-21-22(36-10-9-35-21)13-20(17)26-25(18)32/h11-13,16,19,23H,4-10,14-15H2,1-3H3,(H,26,32)/t19-,23+/m1/s1. The number of fused-ring (bicyclic) bond motifs is 2. The quantitative estimate of drug-likeness (QED) is 0.449. The van der Waals surface area contributed by atoms with Gasteiger partial charge in [-0.25, -0.2) is 4.68 Å². The Morgan fingerprint density at radius 1 is 1.19 bits per heavy atom. The molecule has 0 unspecified atom stereocenters. The third-order valence-corrected chi connectivity index (χ3v) is 6.78. The summed E-state index contributed by atoms with van der Waals surface area (Å²) in [6, 6.07) is 5.59. The van der Waals surface area contributed by atoms with Gasteiger partial charge in [0.25, 0.3) is 5.56 Å². The number of H-pyrrole nitrogens is 1. The molecule has 1 N–H and O–H groups in total. The summed E-state index contributed by atoms with van der Waals surface area (Å²) in [6.45, 7) is 8.25. The zero-order valence-electron chi connectivity index (χ0n) is 21.1. The van der Waals surface area contributed by atoms with E-state index in [-0.39, 0.29) is 23.6 Å². The van der Waals surface area contributed by atoms with Crippen molar-refractivity contribution in [2.45, 2.75) is 51.9 Å². The van der Waals surface area contributed by atoms with Gasteiger partial charge in [-0.3, -0.25) is 9.69 Å². The maximum Gasteiger partial charge on any atom is 0.252 e. The summed E-state index contributed by atoms with van der Waals surface area (Å²) in [7, 11) is 1.66. The van der Waals surface area contributed by atoms with Gasteiger partial charge in [-0.15, -0.1) is 5.10 Å². The lowest BCUT2D eigenvalue weighted by atomic mass is 9.99. The fourth-order valence-electron chi connectivity index (χ4n) is 5.09. The van der Waals surface area contributed by atoms with Crippen LogP contribution in [0.2, 0.25) is 0 Å². The SMILES string of the molecule is COCCn1nnnc1[C@H](C(C)C)N(Cc1cc2cc3c(cc2[nH]c1=O)OCCO3)C[C@H]1CCCO1. The van der Waals surface area contributed by atoms with Crippen LogP contribution in [0.15, 0.2) is 23.0 Å². The molecule has 11 heteroatoms. The van der Waals surface area contributed by atoms with Gasteiger partial charge in [0.05, 0.1) is 30.8 Å². The van der Waals surface area contributed by atoms with Gasteiger partial charge in [0.1, 0.15) is 13.2 Å². The smallest absolute Gasteiger partial charge is 0.252 e. The van der Waals surface area contributed by atoms with E-state index in [2.05, 4.69) is 39.3 Å². The fraction of sp³-hybridized carbons (Fsp3) is 0.600. The average Bonchev–Trinajstić information content (AvgIpc) is 3.54. The Labute approximate surface area is 209 Å². The highest BCUT2D eigenvalue weighted by Gasteiger charge is 2.32. The molecule has 194 valence electrons. The van der Waals surface area contributed by atoms with E-state index in [9.17, 15) is 4.79 Å². The minimum atomic E-state index is -0.127.